The molecule has 3 aromatic heterocycles. The number of Topliss-reactive ketones (excluding diaryl/α,β-unsaturated/α-hetero) is 1. The van der Waals surface area contributed by atoms with Gasteiger partial charge in [0.1, 0.15) is 13.2 Å². The average molecular weight is 822 g/mol. The number of fused-ring (bicyclic) bond motifs is 8. The largest absolute Gasteiger partial charge is 0.469 e. The number of aromatic nitrogens is 4. The van der Waals surface area contributed by atoms with Crippen LogP contribution in [-0.4, -0.2) is 115 Å². The van der Waals surface area contributed by atoms with Crippen LogP contribution in [0.25, 0.3) is 22.1 Å². The number of quaternary nitrogens is 1. The van der Waals surface area contributed by atoms with Crippen molar-refractivity contribution in [2.24, 2.45) is 0 Å². The Balaban J connectivity index is 1.88. The summed E-state index contributed by atoms with van der Waals surface area (Å²) in [7, 11) is 2.91. The minimum atomic E-state index is -4.38. The second kappa shape index (κ2) is 17.5. The highest BCUT2D eigenvalue weighted by atomic mass is 32.2. The Morgan fingerprint density at radius 3 is 2.10 bits per heavy atom. The van der Waals surface area contributed by atoms with E-state index in [9.17, 15) is 32.1 Å². The molecule has 2 aliphatic rings. The molecule has 3 aromatic rings. The molecule has 5 rings (SSSR count). The number of amides is 1. The van der Waals surface area contributed by atoms with Gasteiger partial charge in [-0.3, -0.25) is 33.7 Å². The number of nitrogens with one attached hydrogen (secondary N) is 3. The maximum atomic E-state index is 14.1. The first-order valence-electron chi connectivity index (χ1n) is 19.7. The Hall–Kier alpha value is -4.93. The molecule has 2 aliphatic heterocycles. The lowest BCUT2D eigenvalue weighted by Gasteiger charge is -2.23. The fraction of sp³-hybridized carbons (Fsp3) is 0.524. The number of likely N-dealkylation sites (N-methyl/N-ethyl adjacent to an activating group) is 1. The third kappa shape index (κ3) is 9.84. The Kier molecular flexibility index (Phi) is 13.3. The average Bonchev–Trinajstić information content (AvgIpc) is 3.81. The third-order valence-corrected chi connectivity index (χ3v) is 12.1. The molecule has 0 aliphatic carbocycles. The van der Waals surface area contributed by atoms with Crippen LogP contribution in [0.1, 0.15) is 131 Å². The van der Waals surface area contributed by atoms with Crippen LogP contribution in [0.2, 0.25) is 0 Å². The van der Waals surface area contributed by atoms with Crippen molar-refractivity contribution in [3.63, 3.8) is 0 Å². The number of ether oxygens (including phenoxy) is 2. The van der Waals surface area contributed by atoms with E-state index in [0.29, 0.717) is 62.1 Å². The predicted molar refractivity (Wildman–Crippen MR) is 221 cm³/mol. The Morgan fingerprint density at radius 2 is 1.48 bits per heavy atom. The van der Waals surface area contributed by atoms with Gasteiger partial charge in [0, 0.05) is 75.9 Å². The van der Waals surface area contributed by atoms with E-state index in [4.69, 9.17) is 19.4 Å². The molecule has 8 bridgehead atoms. The van der Waals surface area contributed by atoms with Crippen molar-refractivity contribution in [3.05, 3.63) is 68.8 Å². The number of ketones is 1. The highest BCUT2D eigenvalue weighted by molar-refractivity contribution is 7.85. The van der Waals surface area contributed by atoms with Gasteiger partial charge in [-0.2, -0.15) is 8.42 Å². The standard InChI is InChI=1S/C42H56N6O9S/c1-11-27-22(2)30-21-35-38(26(6)49)24(4)32(45-35)19-31-23(3)28(12-13-36(50)57-16-15-48(7,8)9)40(46-31)29(18-37(51)56-10)41-39(42(52)43-14-17-58(53,54)55)25(5)33(47-41)20-34(27)44-30/h19-23,27-28H,11-18H2,1-10H3,(H3-,43,44,45,46,47,49,52,53,54,55)/p+1/t22-,23+,27-,28+/m1/s1. The van der Waals surface area contributed by atoms with Crippen molar-refractivity contribution in [2.75, 3.05) is 53.7 Å². The van der Waals surface area contributed by atoms with Crippen molar-refractivity contribution in [1.29, 1.82) is 0 Å². The summed E-state index contributed by atoms with van der Waals surface area (Å²) in [6, 6.07) is 5.70. The van der Waals surface area contributed by atoms with Crippen LogP contribution in [0.15, 0.2) is 18.2 Å². The van der Waals surface area contributed by atoms with E-state index in [1.54, 1.807) is 6.92 Å². The van der Waals surface area contributed by atoms with Crippen molar-refractivity contribution in [2.45, 2.75) is 90.9 Å². The van der Waals surface area contributed by atoms with Crippen molar-refractivity contribution in [3.8, 4) is 0 Å². The second-order valence-electron chi connectivity index (χ2n) is 16.5. The summed E-state index contributed by atoms with van der Waals surface area (Å²) in [5.74, 6) is -3.18. The molecule has 0 spiro atoms. The highest BCUT2D eigenvalue weighted by Gasteiger charge is 2.35. The topological polar surface area (TPSA) is 210 Å². The van der Waals surface area contributed by atoms with Crippen molar-refractivity contribution >= 4 is 55.8 Å². The summed E-state index contributed by atoms with van der Waals surface area (Å²) < 4.78 is 44.0. The van der Waals surface area contributed by atoms with Gasteiger partial charge in [-0.05, 0) is 62.9 Å². The van der Waals surface area contributed by atoms with E-state index >= 15 is 0 Å². The molecular formula is C42H57N6O9S+. The molecule has 0 radical (unpaired) electrons. The van der Waals surface area contributed by atoms with E-state index in [2.05, 4.69) is 29.1 Å². The highest BCUT2D eigenvalue weighted by Crippen LogP contribution is 2.44. The number of nitrogens with zero attached hydrogens (tertiary/aromatic N) is 3. The minimum Gasteiger partial charge on any atom is -0.469 e. The number of rotatable bonds is 14. The number of aryl methyl sites for hydroxylation is 2. The number of hydrogen-bond acceptors (Lipinski definition) is 10. The first-order valence-corrected chi connectivity index (χ1v) is 21.3. The van der Waals surface area contributed by atoms with E-state index in [1.165, 1.54) is 14.0 Å². The summed E-state index contributed by atoms with van der Waals surface area (Å²) in [6.07, 6.45) is 0.803. The molecule has 5 heterocycles. The zero-order valence-corrected chi connectivity index (χ0v) is 36.0. The molecule has 4 atom stereocenters. The minimum absolute atomic E-state index is 0.00946. The van der Waals surface area contributed by atoms with E-state index in [-0.39, 0.29) is 66.6 Å². The Bertz CT molecular complexity index is 2390. The second-order valence-corrected chi connectivity index (χ2v) is 18.1. The lowest BCUT2D eigenvalue weighted by Crippen LogP contribution is -2.38. The number of H-pyrrole nitrogens is 2. The lowest BCUT2D eigenvalue weighted by molar-refractivity contribution is -0.870. The van der Waals surface area contributed by atoms with Crippen LogP contribution in [0.5, 0.6) is 0 Å². The van der Waals surface area contributed by atoms with Crippen LogP contribution in [0, 0.1) is 13.8 Å². The molecule has 0 saturated carbocycles. The van der Waals surface area contributed by atoms with Gasteiger partial charge in [0.2, 0.25) is 0 Å². The number of esters is 2. The van der Waals surface area contributed by atoms with Gasteiger partial charge < -0.3 is 29.2 Å². The molecular weight excluding hydrogens is 765 g/mol. The van der Waals surface area contributed by atoms with Crippen molar-refractivity contribution < 1.29 is 46.1 Å². The molecule has 0 fully saturated rings. The molecule has 16 heteroatoms. The number of carbonyl (C=O) groups is 4. The SMILES string of the molecule is CC[C@H]1c2cc3[nH]c(c(CC(=O)OC)c4nc(cc5[nH]c(cc(n2)[C@@H]1C)c(C(C)=O)c5C)[C@@H](C)[C@@H]4CCC(=O)OCC[N+](C)(C)C)c(C(=O)NCCS(=O)(=O)O)c3C. The van der Waals surface area contributed by atoms with Gasteiger partial charge in [-0.1, -0.05) is 20.8 Å². The van der Waals surface area contributed by atoms with Crippen LogP contribution in [0.4, 0.5) is 0 Å². The Morgan fingerprint density at radius 1 is 0.879 bits per heavy atom. The summed E-state index contributed by atoms with van der Waals surface area (Å²) in [5, 5.41) is 2.62. The van der Waals surface area contributed by atoms with E-state index in [1.807, 2.05) is 53.2 Å². The fourth-order valence-corrected chi connectivity index (χ4v) is 8.37. The van der Waals surface area contributed by atoms with Crippen LogP contribution < -0.4 is 5.32 Å². The van der Waals surface area contributed by atoms with Gasteiger partial charge >= 0.3 is 11.9 Å². The van der Waals surface area contributed by atoms with Gasteiger partial charge in [0.05, 0.1) is 62.7 Å². The third-order valence-electron chi connectivity index (χ3n) is 11.4. The molecule has 0 aromatic carbocycles. The number of aromatic amines is 2. The van der Waals surface area contributed by atoms with Crippen LogP contribution in [0.3, 0.4) is 0 Å². The monoisotopic (exact) mass is 821 g/mol. The quantitative estimate of drug-likeness (QED) is 0.0673. The maximum absolute atomic E-state index is 14.1. The van der Waals surface area contributed by atoms with E-state index in [0.717, 1.165) is 23.4 Å². The predicted octanol–water partition coefficient (Wildman–Crippen LogP) is 5.68. The first kappa shape index (κ1) is 44.2. The summed E-state index contributed by atoms with van der Waals surface area (Å²) >= 11 is 0. The molecule has 58 heavy (non-hydrogen) atoms. The summed E-state index contributed by atoms with van der Waals surface area (Å²) in [6.45, 7) is 11.8. The van der Waals surface area contributed by atoms with Gasteiger partial charge in [0.25, 0.3) is 16.0 Å². The first-order chi connectivity index (χ1) is 27.1. The number of carbonyl (C=O) groups excluding carboxylic acids is 4. The normalized spacial score (nSPS) is 18.2. The van der Waals surface area contributed by atoms with Crippen LogP contribution >= 0.6 is 0 Å². The number of hydrogen-bond donors (Lipinski definition) is 4. The fourth-order valence-electron chi connectivity index (χ4n) is 8.01. The molecule has 15 nitrogen and oxygen atoms in total. The van der Waals surface area contributed by atoms with Gasteiger partial charge in [0.15, 0.2) is 5.78 Å². The van der Waals surface area contributed by atoms with E-state index < -0.39 is 33.7 Å². The Labute approximate surface area is 339 Å². The molecule has 314 valence electrons. The molecule has 0 saturated heterocycles. The summed E-state index contributed by atoms with van der Waals surface area (Å²) in [4.78, 5) is 70.9. The van der Waals surface area contributed by atoms with Crippen LogP contribution in [-0.2, 0) is 35.6 Å². The van der Waals surface area contributed by atoms with Crippen molar-refractivity contribution in [1.82, 2.24) is 25.3 Å². The lowest BCUT2D eigenvalue weighted by atomic mass is 9.85. The van der Waals surface area contributed by atoms with Gasteiger partial charge in [-0.25, -0.2) is 0 Å². The molecule has 4 N–H and O–H groups in total. The molecule has 0 unspecified atom stereocenters. The maximum Gasteiger partial charge on any atom is 0.310 e. The van der Waals surface area contributed by atoms with Gasteiger partial charge in [-0.15, -0.1) is 0 Å². The summed E-state index contributed by atoms with van der Waals surface area (Å²) in [5.41, 5.74) is 7.06. The molecule has 1 amide bonds. The number of methoxy groups -OCH3 is 1. The zero-order valence-electron chi connectivity index (χ0n) is 35.2. The smallest absolute Gasteiger partial charge is 0.310 e. The zero-order chi connectivity index (χ0) is 42.9.